The largest absolute Gasteiger partial charge is 0.314 e. The second-order valence-corrected chi connectivity index (χ2v) is 6.10. The minimum atomic E-state index is 0.619. The van der Waals surface area contributed by atoms with Crippen molar-refractivity contribution in [1.82, 2.24) is 20.0 Å². The van der Waals surface area contributed by atoms with Gasteiger partial charge >= 0.3 is 0 Å². The van der Waals surface area contributed by atoms with Crippen LogP contribution in [0.25, 0.3) is 0 Å². The van der Waals surface area contributed by atoms with Gasteiger partial charge in [-0.1, -0.05) is 19.3 Å². The van der Waals surface area contributed by atoms with Crippen LogP contribution in [0, 0.1) is 0 Å². The number of hydrogen-bond acceptors (Lipinski definition) is 3. The Hall–Kier alpha value is -0.870. The molecule has 0 bridgehead atoms. The van der Waals surface area contributed by atoms with Crippen LogP contribution in [0.4, 0.5) is 0 Å². The molecule has 1 saturated carbocycles. The molecule has 1 aliphatic heterocycles. The fourth-order valence-electron chi connectivity index (χ4n) is 3.34. The Labute approximate surface area is 116 Å². The number of aromatic nitrogens is 2. The van der Waals surface area contributed by atoms with E-state index in [-0.39, 0.29) is 0 Å². The molecule has 3 rings (SSSR count). The fourth-order valence-corrected chi connectivity index (χ4v) is 3.34. The molecule has 0 aromatic carbocycles. The van der Waals surface area contributed by atoms with Gasteiger partial charge in [-0.2, -0.15) is 5.10 Å². The van der Waals surface area contributed by atoms with E-state index in [9.17, 15) is 0 Å². The summed E-state index contributed by atoms with van der Waals surface area (Å²) in [6, 6.07) is 3.49. The number of piperazine rings is 1. The van der Waals surface area contributed by atoms with Crippen molar-refractivity contribution < 1.29 is 0 Å². The maximum atomic E-state index is 4.82. The average molecular weight is 262 g/mol. The van der Waals surface area contributed by atoms with Gasteiger partial charge in [-0.25, -0.2) is 0 Å². The third kappa shape index (κ3) is 3.18. The molecule has 2 aliphatic rings. The van der Waals surface area contributed by atoms with Crippen LogP contribution >= 0.6 is 0 Å². The summed E-state index contributed by atoms with van der Waals surface area (Å²) in [6.45, 7) is 6.64. The van der Waals surface area contributed by atoms with Gasteiger partial charge < -0.3 is 5.32 Å². The molecule has 0 radical (unpaired) electrons. The maximum absolute atomic E-state index is 4.82. The zero-order valence-corrected chi connectivity index (χ0v) is 12.0. The first-order valence-electron chi connectivity index (χ1n) is 7.82. The van der Waals surface area contributed by atoms with Gasteiger partial charge in [0.1, 0.15) is 0 Å². The van der Waals surface area contributed by atoms with Crippen molar-refractivity contribution in [3.05, 3.63) is 18.0 Å². The van der Waals surface area contributed by atoms with E-state index in [1.807, 2.05) is 0 Å². The van der Waals surface area contributed by atoms with Crippen LogP contribution in [-0.4, -0.2) is 40.4 Å². The molecular formula is C15H26N4. The highest BCUT2D eigenvalue weighted by atomic mass is 15.3. The molecular weight excluding hydrogens is 236 g/mol. The highest BCUT2D eigenvalue weighted by Crippen LogP contribution is 2.27. The number of rotatable bonds is 3. The van der Waals surface area contributed by atoms with E-state index in [4.69, 9.17) is 5.10 Å². The van der Waals surface area contributed by atoms with E-state index in [1.54, 1.807) is 0 Å². The zero-order chi connectivity index (χ0) is 13.1. The number of hydrogen-bond donors (Lipinski definition) is 1. The summed E-state index contributed by atoms with van der Waals surface area (Å²) in [5, 5.41) is 8.26. The van der Waals surface area contributed by atoms with E-state index in [1.165, 1.54) is 37.8 Å². The van der Waals surface area contributed by atoms with Gasteiger partial charge in [0.2, 0.25) is 0 Å². The number of nitrogens with one attached hydrogen (secondary N) is 1. The molecule has 0 spiro atoms. The Morgan fingerprint density at radius 2 is 2.16 bits per heavy atom. The second-order valence-electron chi connectivity index (χ2n) is 6.10. The van der Waals surface area contributed by atoms with E-state index in [0.29, 0.717) is 12.1 Å². The van der Waals surface area contributed by atoms with E-state index in [0.717, 1.165) is 26.2 Å². The minimum Gasteiger partial charge on any atom is -0.314 e. The van der Waals surface area contributed by atoms with Crippen molar-refractivity contribution in [3.8, 4) is 0 Å². The van der Waals surface area contributed by atoms with Gasteiger partial charge in [0.15, 0.2) is 0 Å². The van der Waals surface area contributed by atoms with Crippen LogP contribution < -0.4 is 5.32 Å². The Morgan fingerprint density at radius 3 is 2.95 bits per heavy atom. The molecule has 1 aromatic heterocycles. The summed E-state index contributed by atoms with van der Waals surface area (Å²) in [4.78, 5) is 2.53. The molecule has 2 heterocycles. The Morgan fingerprint density at radius 1 is 1.32 bits per heavy atom. The lowest BCUT2D eigenvalue weighted by atomic mass is 9.96. The quantitative estimate of drug-likeness (QED) is 0.906. The van der Waals surface area contributed by atoms with Gasteiger partial charge in [-0.15, -0.1) is 0 Å². The zero-order valence-electron chi connectivity index (χ0n) is 12.0. The van der Waals surface area contributed by atoms with Crippen molar-refractivity contribution in [2.24, 2.45) is 0 Å². The summed E-state index contributed by atoms with van der Waals surface area (Å²) in [6.07, 6.45) is 8.96. The molecule has 19 heavy (non-hydrogen) atoms. The highest BCUT2D eigenvalue weighted by Gasteiger charge is 2.20. The summed E-state index contributed by atoms with van der Waals surface area (Å²) in [7, 11) is 0. The van der Waals surface area contributed by atoms with Crippen molar-refractivity contribution in [3.63, 3.8) is 0 Å². The first kappa shape index (κ1) is 13.1. The first-order chi connectivity index (χ1) is 9.33. The Balaban J connectivity index is 1.60. The van der Waals surface area contributed by atoms with Crippen molar-refractivity contribution >= 4 is 0 Å². The van der Waals surface area contributed by atoms with E-state index < -0.39 is 0 Å². The van der Waals surface area contributed by atoms with Gasteiger partial charge in [0.25, 0.3) is 0 Å². The predicted molar refractivity (Wildman–Crippen MR) is 77.1 cm³/mol. The SMILES string of the molecule is C[C@@H]1CNCCN1Cc1ccn(C2CCCCC2)n1. The normalized spacial score (nSPS) is 26.7. The lowest BCUT2D eigenvalue weighted by Gasteiger charge is -2.33. The Kier molecular flexibility index (Phi) is 4.18. The van der Waals surface area contributed by atoms with Crippen LogP contribution in [0.1, 0.15) is 50.8 Å². The smallest absolute Gasteiger partial charge is 0.0765 e. The molecule has 1 aliphatic carbocycles. The van der Waals surface area contributed by atoms with Crippen LogP contribution in [0.15, 0.2) is 12.3 Å². The molecule has 106 valence electrons. The maximum Gasteiger partial charge on any atom is 0.0765 e. The molecule has 1 N–H and O–H groups in total. The third-order valence-corrected chi connectivity index (χ3v) is 4.62. The van der Waals surface area contributed by atoms with Crippen LogP contribution in [0.3, 0.4) is 0 Å². The third-order valence-electron chi connectivity index (χ3n) is 4.62. The minimum absolute atomic E-state index is 0.619. The summed E-state index contributed by atoms with van der Waals surface area (Å²) in [5.41, 5.74) is 1.24. The highest BCUT2D eigenvalue weighted by molar-refractivity contribution is 5.01. The molecule has 1 atom stereocenters. The Bertz CT molecular complexity index is 395. The van der Waals surface area contributed by atoms with Crippen molar-refractivity contribution in [1.29, 1.82) is 0 Å². The monoisotopic (exact) mass is 262 g/mol. The molecule has 4 nitrogen and oxygen atoms in total. The molecule has 1 aromatic rings. The predicted octanol–water partition coefficient (Wildman–Crippen LogP) is 2.18. The van der Waals surface area contributed by atoms with Gasteiger partial charge in [0.05, 0.1) is 11.7 Å². The summed E-state index contributed by atoms with van der Waals surface area (Å²) in [5.74, 6) is 0. The number of nitrogens with zero attached hydrogens (tertiary/aromatic N) is 3. The lowest BCUT2D eigenvalue weighted by molar-refractivity contribution is 0.163. The topological polar surface area (TPSA) is 33.1 Å². The average Bonchev–Trinajstić information content (AvgIpc) is 2.91. The molecule has 1 saturated heterocycles. The van der Waals surface area contributed by atoms with Gasteiger partial charge in [-0.3, -0.25) is 9.58 Å². The van der Waals surface area contributed by atoms with Gasteiger partial charge in [-0.05, 0) is 25.8 Å². The van der Waals surface area contributed by atoms with Crippen molar-refractivity contribution in [2.45, 2.75) is 57.7 Å². The second kappa shape index (κ2) is 6.06. The molecule has 2 fully saturated rings. The molecule has 0 unspecified atom stereocenters. The summed E-state index contributed by atoms with van der Waals surface area (Å²) >= 11 is 0. The first-order valence-corrected chi connectivity index (χ1v) is 7.82. The fraction of sp³-hybridized carbons (Fsp3) is 0.800. The van der Waals surface area contributed by atoms with Crippen LogP contribution in [-0.2, 0) is 6.54 Å². The van der Waals surface area contributed by atoms with Crippen LogP contribution in [0.5, 0.6) is 0 Å². The van der Waals surface area contributed by atoms with E-state index in [2.05, 4.69) is 34.1 Å². The lowest BCUT2D eigenvalue weighted by Crippen LogP contribution is -2.49. The molecule has 4 heteroatoms. The standard InChI is InChI=1S/C15H26N4/c1-13-11-16-8-10-18(13)12-14-7-9-19(17-14)15-5-3-2-4-6-15/h7,9,13,15-16H,2-6,8,10-12H2,1H3/t13-/m1/s1. The summed E-state index contributed by atoms with van der Waals surface area (Å²) < 4.78 is 2.22. The van der Waals surface area contributed by atoms with E-state index >= 15 is 0 Å². The molecule has 0 amide bonds. The van der Waals surface area contributed by atoms with Crippen molar-refractivity contribution in [2.75, 3.05) is 19.6 Å². The van der Waals surface area contributed by atoms with Crippen LogP contribution in [0.2, 0.25) is 0 Å². The van der Waals surface area contributed by atoms with Gasteiger partial charge in [0, 0.05) is 38.4 Å².